The maximum absolute atomic E-state index is 14.6. The number of nitrogens with zero attached hydrogens (tertiary/aromatic N) is 4. The molecule has 1 fully saturated rings. The number of benzene rings is 4. The number of imidazole rings is 1. The maximum atomic E-state index is 14.6. The topological polar surface area (TPSA) is 134 Å². The number of rotatable bonds is 5. The van der Waals surface area contributed by atoms with Gasteiger partial charge in [0.15, 0.2) is 0 Å². The largest absolute Gasteiger partial charge is 0.323 e. The summed E-state index contributed by atoms with van der Waals surface area (Å²) in [4.78, 5) is 49.2. The summed E-state index contributed by atoms with van der Waals surface area (Å²) in [5.74, 6) is -2.51. The monoisotopic (exact) mass is 568 g/mol. The molecule has 1 saturated heterocycles. The van der Waals surface area contributed by atoms with Gasteiger partial charge in [0.25, 0.3) is 5.69 Å². The number of imide groups is 1. The molecule has 9 rings (SSSR count). The third kappa shape index (κ3) is 3.34. The number of aryl methyl sites for hydroxylation is 1. The molecule has 4 aromatic carbocycles. The molecule has 210 valence electrons. The van der Waals surface area contributed by atoms with Gasteiger partial charge in [0.05, 0.1) is 33.2 Å². The average Bonchev–Trinajstić information content (AvgIpc) is 3.55. The fourth-order valence-electron chi connectivity index (χ4n) is 7.46. The van der Waals surface area contributed by atoms with E-state index in [9.17, 15) is 19.7 Å². The number of carbonyl (C=O) groups is 2. The number of hydrazone groups is 1. The predicted molar refractivity (Wildman–Crippen MR) is 161 cm³/mol. The number of hydrogen-bond donors (Lipinski definition) is 2. The van der Waals surface area contributed by atoms with Crippen LogP contribution in [0.2, 0.25) is 0 Å². The first-order valence-corrected chi connectivity index (χ1v) is 14.0. The van der Waals surface area contributed by atoms with Crippen LogP contribution in [-0.2, 0) is 15.0 Å². The summed E-state index contributed by atoms with van der Waals surface area (Å²) in [6.45, 7) is 1.73. The quantitative estimate of drug-likeness (QED) is 0.126. The number of aromatic amines is 1. The third-order valence-corrected chi connectivity index (χ3v) is 9.08. The second kappa shape index (κ2) is 8.93. The molecule has 0 radical (unpaired) electrons. The van der Waals surface area contributed by atoms with Crippen molar-refractivity contribution >= 4 is 46.4 Å². The molecular weight excluding hydrogens is 544 g/mol. The number of H-pyrrole nitrogens is 1. The van der Waals surface area contributed by atoms with Gasteiger partial charge in [-0.15, -0.1) is 0 Å². The zero-order chi connectivity index (χ0) is 29.5. The van der Waals surface area contributed by atoms with E-state index in [4.69, 9.17) is 0 Å². The van der Waals surface area contributed by atoms with E-state index in [0.29, 0.717) is 11.5 Å². The van der Waals surface area contributed by atoms with Gasteiger partial charge in [-0.05, 0) is 52.9 Å². The Morgan fingerprint density at radius 1 is 0.953 bits per heavy atom. The van der Waals surface area contributed by atoms with Crippen LogP contribution in [-0.4, -0.2) is 32.9 Å². The second-order valence-corrected chi connectivity index (χ2v) is 11.3. The van der Waals surface area contributed by atoms with Gasteiger partial charge in [0.1, 0.15) is 5.69 Å². The number of hydrogen-bond acceptors (Lipinski definition) is 7. The van der Waals surface area contributed by atoms with E-state index in [1.165, 1.54) is 12.1 Å². The van der Waals surface area contributed by atoms with Crippen LogP contribution in [0, 0.1) is 28.9 Å². The molecule has 10 nitrogen and oxygen atoms in total. The standard InChI is InChI=1S/C33H24N6O4/c1-18-14-15-25(26(16-18)39(42)43)38-30(40)28-27-19-8-2-4-10-21(19)33(29(28)31(38)41,22-11-5-3-9-20(22)27)17-34-37-32-35-23-12-6-7-13-24(23)36-32/h2-17,27-29H,1H3,(H2,35,36,37)/b34-17-/t27?,28-,29-,33?/m0/s1. The van der Waals surface area contributed by atoms with Gasteiger partial charge < -0.3 is 4.98 Å². The highest BCUT2D eigenvalue weighted by Gasteiger charge is 2.68. The van der Waals surface area contributed by atoms with Gasteiger partial charge in [-0.3, -0.25) is 19.7 Å². The van der Waals surface area contributed by atoms with Gasteiger partial charge in [0, 0.05) is 18.2 Å². The summed E-state index contributed by atoms with van der Waals surface area (Å²) in [6, 6.07) is 27.8. The summed E-state index contributed by atoms with van der Waals surface area (Å²) in [5.41, 5.74) is 7.53. The van der Waals surface area contributed by atoms with Crippen LogP contribution in [0.25, 0.3) is 11.0 Å². The van der Waals surface area contributed by atoms with Crippen molar-refractivity contribution < 1.29 is 14.5 Å². The van der Waals surface area contributed by atoms with Crippen LogP contribution in [0.3, 0.4) is 0 Å². The van der Waals surface area contributed by atoms with E-state index < -0.39 is 34.0 Å². The fraction of sp³-hybridized carbons (Fsp3) is 0.152. The highest BCUT2D eigenvalue weighted by atomic mass is 16.6. The first-order valence-electron chi connectivity index (χ1n) is 14.0. The van der Waals surface area contributed by atoms with Gasteiger partial charge in [-0.25, -0.2) is 15.3 Å². The van der Waals surface area contributed by atoms with Crippen molar-refractivity contribution in [2.45, 2.75) is 18.3 Å². The van der Waals surface area contributed by atoms with Crippen LogP contribution in [0.1, 0.15) is 33.7 Å². The van der Waals surface area contributed by atoms with E-state index in [1.807, 2.05) is 72.8 Å². The lowest BCUT2D eigenvalue weighted by Gasteiger charge is -2.52. The average molecular weight is 569 g/mol. The Morgan fingerprint density at radius 2 is 1.63 bits per heavy atom. The van der Waals surface area contributed by atoms with Gasteiger partial charge in [-0.2, -0.15) is 5.10 Å². The van der Waals surface area contributed by atoms with Crippen molar-refractivity contribution in [2.24, 2.45) is 16.9 Å². The van der Waals surface area contributed by atoms with Crippen molar-refractivity contribution in [3.63, 3.8) is 0 Å². The molecule has 1 aliphatic heterocycles. The summed E-state index contributed by atoms with van der Waals surface area (Å²) < 4.78 is 0. The van der Waals surface area contributed by atoms with E-state index in [-0.39, 0.29) is 17.3 Å². The molecule has 4 aliphatic rings. The Labute approximate surface area is 245 Å². The Kier molecular flexibility index (Phi) is 5.21. The number of nitro groups is 1. The molecule has 2 N–H and O–H groups in total. The minimum atomic E-state index is -1.12. The molecule has 43 heavy (non-hydrogen) atoms. The number of nitro benzene ring substituents is 1. The summed E-state index contributed by atoms with van der Waals surface area (Å²) >= 11 is 0. The summed E-state index contributed by atoms with van der Waals surface area (Å²) in [5, 5.41) is 16.7. The van der Waals surface area contributed by atoms with Crippen molar-refractivity contribution in [1.82, 2.24) is 9.97 Å². The molecule has 2 amide bonds. The normalized spacial score (nSPS) is 23.5. The lowest BCUT2D eigenvalue weighted by molar-refractivity contribution is -0.384. The lowest BCUT2D eigenvalue weighted by Crippen LogP contribution is -2.54. The first kappa shape index (κ1) is 25.1. The Morgan fingerprint density at radius 3 is 2.33 bits per heavy atom. The third-order valence-electron chi connectivity index (χ3n) is 9.08. The fourth-order valence-corrected chi connectivity index (χ4v) is 7.46. The number of anilines is 2. The molecule has 1 aromatic heterocycles. The smallest absolute Gasteiger partial charge is 0.293 e. The zero-order valence-corrected chi connectivity index (χ0v) is 22.9. The lowest BCUT2D eigenvalue weighted by atomic mass is 9.47. The van der Waals surface area contributed by atoms with Gasteiger partial charge >= 0.3 is 0 Å². The van der Waals surface area contributed by atoms with Crippen molar-refractivity contribution in [1.29, 1.82) is 0 Å². The summed E-state index contributed by atoms with van der Waals surface area (Å²) in [6.07, 6.45) is 1.71. The minimum absolute atomic E-state index is 0.0139. The predicted octanol–water partition coefficient (Wildman–Crippen LogP) is 5.43. The van der Waals surface area contributed by atoms with Gasteiger partial charge in [-0.1, -0.05) is 66.7 Å². The van der Waals surface area contributed by atoms with E-state index in [1.54, 1.807) is 19.2 Å². The van der Waals surface area contributed by atoms with Crippen LogP contribution < -0.4 is 10.3 Å². The Hall–Kier alpha value is -5.64. The molecule has 0 unspecified atom stereocenters. The van der Waals surface area contributed by atoms with Crippen LogP contribution in [0.4, 0.5) is 17.3 Å². The SMILES string of the molecule is Cc1ccc(N2C(=O)[C@@H]3[C@@H](C2=O)C2c4ccccc4C3(/C=N\Nc3nc4ccccc4[nH]3)c3ccccc32)c([N+](=O)[O-])c1. The number of fused-ring (bicyclic) bond motifs is 1. The van der Waals surface area contributed by atoms with Crippen molar-refractivity contribution in [3.05, 3.63) is 129 Å². The summed E-state index contributed by atoms with van der Waals surface area (Å²) in [7, 11) is 0. The zero-order valence-electron chi connectivity index (χ0n) is 22.9. The first-order chi connectivity index (χ1) is 20.9. The molecule has 2 heterocycles. The van der Waals surface area contributed by atoms with E-state index in [0.717, 1.165) is 38.2 Å². The molecule has 2 bridgehead atoms. The highest BCUT2D eigenvalue weighted by Crippen LogP contribution is 2.64. The molecular formula is C33H24N6O4. The van der Waals surface area contributed by atoms with Crippen molar-refractivity contribution in [3.8, 4) is 0 Å². The molecule has 0 saturated carbocycles. The van der Waals surface area contributed by atoms with E-state index in [2.05, 4.69) is 20.5 Å². The number of aromatic nitrogens is 2. The highest BCUT2D eigenvalue weighted by molar-refractivity contribution is 6.25. The Balaban J connectivity index is 1.32. The van der Waals surface area contributed by atoms with Crippen LogP contribution in [0.15, 0.2) is 96.1 Å². The molecule has 10 heteroatoms. The Bertz CT molecular complexity index is 1970. The molecule has 3 aliphatic carbocycles. The van der Waals surface area contributed by atoms with E-state index >= 15 is 0 Å². The van der Waals surface area contributed by atoms with Gasteiger partial charge in [0.2, 0.25) is 17.8 Å². The van der Waals surface area contributed by atoms with Crippen LogP contribution in [0.5, 0.6) is 0 Å². The minimum Gasteiger partial charge on any atom is -0.323 e. The number of amides is 2. The maximum Gasteiger partial charge on any atom is 0.293 e. The second-order valence-electron chi connectivity index (χ2n) is 11.3. The molecule has 5 aromatic rings. The number of para-hydroxylation sites is 2. The van der Waals surface area contributed by atoms with Crippen LogP contribution >= 0.6 is 0 Å². The van der Waals surface area contributed by atoms with Crippen molar-refractivity contribution in [2.75, 3.05) is 10.3 Å². The number of nitrogens with one attached hydrogen (secondary N) is 2. The number of carbonyl (C=O) groups excluding carboxylic acids is 2. The molecule has 0 spiro atoms. The molecule has 2 atom stereocenters.